The summed E-state index contributed by atoms with van der Waals surface area (Å²) in [5.74, 6) is 0.640. The van der Waals surface area contributed by atoms with Crippen LogP contribution < -0.4 is 10.1 Å². The van der Waals surface area contributed by atoms with Crippen molar-refractivity contribution in [2.75, 3.05) is 6.61 Å². The SMILES string of the molecule is C[C@@H](NC(=O)COc1ccccc1Cc1ccccc1)c1cccs1. The molecule has 4 heteroatoms. The highest BCUT2D eigenvalue weighted by Crippen LogP contribution is 2.22. The largest absolute Gasteiger partial charge is 0.483 e. The molecule has 1 atom stereocenters. The first-order valence-electron chi connectivity index (χ1n) is 8.30. The maximum Gasteiger partial charge on any atom is 0.258 e. The Labute approximate surface area is 152 Å². The van der Waals surface area contributed by atoms with Gasteiger partial charge < -0.3 is 10.1 Å². The molecule has 3 rings (SSSR count). The summed E-state index contributed by atoms with van der Waals surface area (Å²) in [5, 5.41) is 4.98. The van der Waals surface area contributed by atoms with E-state index in [1.54, 1.807) is 11.3 Å². The molecule has 25 heavy (non-hydrogen) atoms. The maximum absolute atomic E-state index is 12.2. The van der Waals surface area contributed by atoms with Gasteiger partial charge in [-0.2, -0.15) is 0 Å². The number of amides is 1. The Morgan fingerprint density at radius 1 is 1.04 bits per heavy atom. The summed E-state index contributed by atoms with van der Waals surface area (Å²) in [7, 11) is 0. The van der Waals surface area contributed by atoms with Gasteiger partial charge in [0.1, 0.15) is 5.75 Å². The summed E-state index contributed by atoms with van der Waals surface area (Å²) in [6.07, 6.45) is 0.782. The van der Waals surface area contributed by atoms with Gasteiger partial charge in [-0.15, -0.1) is 11.3 Å². The normalized spacial score (nSPS) is 11.7. The van der Waals surface area contributed by atoms with Gasteiger partial charge >= 0.3 is 0 Å². The topological polar surface area (TPSA) is 38.3 Å². The average Bonchev–Trinajstić information content (AvgIpc) is 3.17. The molecular formula is C21H21NO2S. The number of nitrogens with one attached hydrogen (secondary N) is 1. The van der Waals surface area contributed by atoms with E-state index < -0.39 is 0 Å². The summed E-state index contributed by atoms with van der Waals surface area (Å²) < 4.78 is 5.78. The van der Waals surface area contributed by atoms with Gasteiger partial charge in [-0.1, -0.05) is 54.6 Å². The van der Waals surface area contributed by atoms with Crippen LogP contribution in [0.5, 0.6) is 5.75 Å². The molecule has 0 saturated carbocycles. The van der Waals surface area contributed by atoms with Crippen LogP contribution in [0.4, 0.5) is 0 Å². The highest BCUT2D eigenvalue weighted by Gasteiger charge is 2.12. The first-order chi connectivity index (χ1) is 12.2. The van der Waals surface area contributed by atoms with E-state index in [-0.39, 0.29) is 18.6 Å². The fourth-order valence-electron chi connectivity index (χ4n) is 2.64. The number of hydrogen-bond donors (Lipinski definition) is 1. The number of para-hydroxylation sites is 1. The minimum atomic E-state index is -0.115. The summed E-state index contributed by atoms with van der Waals surface area (Å²) in [6, 6.07) is 22.1. The molecule has 2 aromatic carbocycles. The van der Waals surface area contributed by atoms with E-state index in [0.29, 0.717) is 0 Å². The third-order valence-electron chi connectivity index (χ3n) is 3.92. The van der Waals surface area contributed by atoms with Crippen molar-refractivity contribution in [3.63, 3.8) is 0 Å². The summed E-state index contributed by atoms with van der Waals surface area (Å²) in [4.78, 5) is 13.3. The second-order valence-electron chi connectivity index (χ2n) is 5.86. The molecule has 0 aliphatic heterocycles. The first-order valence-corrected chi connectivity index (χ1v) is 9.18. The fraction of sp³-hybridized carbons (Fsp3) is 0.190. The van der Waals surface area contributed by atoms with E-state index in [4.69, 9.17) is 4.74 Å². The molecule has 3 nitrogen and oxygen atoms in total. The number of carbonyl (C=O) groups is 1. The van der Waals surface area contributed by atoms with E-state index in [2.05, 4.69) is 17.4 Å². The van der Waals surface area contributed by atoms with Gasteiger partial charge in [-0.05, 0) is 35.6 Å². The first kappa shape index (κ1) is 17.2. The van der Waals surface area contributed by atoms with Crippen molar-refractivity contribution < 1.29 is 9.53 Å². The van der Waals surface area contributed by atoms with Crippen LogP contribution in [0.2, 0.25) is 0 Å². The van der Waals surface area contributed by atoms with Crippen molar-refractivity contribution in [3.8, 4) is 5.75 Å². The van der Waals surface area contributed by atoms with Crippen LogP contribution in [-0.4, -0.2) is 12.5 Å². The van der Waals surface area contributed by atoms with E-state index in [9.17, 15) is 4.79 Å². The predicted molar refractivity (Wildman–Crippen MR) is 102 cm³/mol. The van der Waals surface area contributed by atoms with Crippen molar-refractivity contribution in [2.45, 2.75) is 19.4 Å². The molecule has 1 aromatic heterocycles. The van der Waals surface area contributed by atoms with E-state index in [0.717, 1.165) is 22.6 Å². The average molecular weight is 351 g/mol. The molecule has 0 unspecified atom stereocenters. The smallest absolute Gasteiger partial charge is 0.258 e. The highest BCUT2D eigenvalue weighted by molar-refractivity contribution is 7.10. The predicted octanol–water partition coefficient (Wildman–Crippen LogP) is 4.60. The Bertz CT molecular complexity index is 800. The third kappa shape index (κ3) is 4.94. The molecular weight excluding hydrogens is 330 g/mol. The zero-order valence-corrected chi connectivity index (χ0v) is 15.0. The van der Waals surface area contributed by atoms with Crippen molar-refractivity contribution in [1.29, 1.82) is 0 Å². The Balaban J connectivity index is 1.58. The minimum Gasteiger partial charge on any atom is -0.483 e. The van der Waals surface area contributed by atoms with Crippen LogP contribution in [0.1, 0.15) is 29.0 Å². The Morgan fingerprint density at radius 3 is 2.56 bits per heavy atom. The molecule has 0 bridgehead atoms. The van der Waals surface area contributed by atoms with Crippen molar-refractivity contribution in [1.82, 2.24) is 5.32 Å². The van der Waals surface area contributed by atoms with Gasteiger partial charge in [0.25, 0.3) is 5.91 Å². The lowest BCUT2D eigenvalue weighted by molar-refractivity contribution is -0.123. The van der Waals surface area contributed by atoms with Crippen LogP contribution in [-0.2, 0) is 11.2 Å². The molecule has 1 N–H and O–H groups in total. The van der Waals surface area contributed by atoms with E-state index in [1.807, 2.05) is 66.9 Å². The zero-order valence-electron chi connectivity index (χ0n) is 14.1. The zero-order chi connectivity index (χ0) is 17.5. The number of benzene rings is 2. The van der Waals surface area contributed by atoms with Gasteiger partial charge in [0, 0.05) is 11.3 Å². The summed E-state index contributed by atoms with van der Waals surface area (Å²) in [5.41, 5.74) is 2.29. The van der Waals surface area contributed by atoms with Crippen molar-refractivity contribution >= 4 is 17.2 Å². The lowest BCUT2D eigenvalue weighted by Crippen LogP contribution is -2.31. The number of ether oxygens (including phenoxy) is 1. The standard InChI is InChI=1S/C21H21NO2S/c1-16(20-12-7-13-25-20)22-21(23)15-24-19-11-6-5-10-18(19)14-17-8-3-2-4-9-17/h2-13,16H,14-15H2,1H3,(H,22,23)/t16-/m1/s1. The molecule has 1 heterocycles. The minimum absolute atomic E-state index is 0.00402. The van der Waals surface area contributed by atoms with Crippen molar-refractivity contribution in [3.05, 3.63) is 88.1 Å². The highest BCUT2D eigenvalue weighted by atomic mass is 32.1. The molecule has 0 aliphatic carbocycles. The quantitative estimate of drug-likeness (QED) is 0.676. The molecule has 0 aliphatic rings. The van der Waals surface area contributed by atoms with Gasteiger partial charge in [0.05, 0.1) is 6.04 Å². The molecule has 128 valence electrons. The fourth-order valence-corrected chi connectivity index (χ4v) is 3.38. The molecule has 0 saturated heterocycles. The molecule has 0 radical (unpaired) electrons. The summed E-state index contributed by atoms with van der Waals surface area (Å²) >= 11 is 1.64. The lowest BCUT2D eigenvalue weighted by Gasteiger charge is -2.14. The van der Waals surface area contributed by atoms with E-state index >= 15 is 0 Å². The van der Waals surface area contributed by atoms with Crippen molar-refractivity contribution in [2.24, 2.45) is 0 Å². The maximum atomic E-state index is 12.2. The van der Waals surface area contributed by atoms with E-state index in [1.165, 1.54) is 5.56 Å². The lowest BCUT2D eigenvalue weighted by atomic mass is 10.0. The van der Waals surface area contributed by atoms with Crippen LogP contribution >= 0.6 is 11.3 Å². The Kier molecular flexibility index (Phi) is 5.86. The number of hydrogen-bond acceptors (Lipinski definition) is 3. The number of carbonyl (C=O) groups excluding carboxylic acids is 1. The van der Waals surface area contributed by atoms with Crippen LogP contribution in [0.3, 0.4) is 0 Å². The van der Waals surface area contributed by atoms with Crippen LogP contribution in [0.15, 0.2) is 72.1 Å². The second-order valence-corrected chi connectivity index (χ2v) is 6.84. The third-order valence-corrected chi connectivity index (χ3v) is 4.97. The second kappa shape index (κ2) is 8.49. The molecule has 3 aromatic rings. The monoisotopic (exact) mass is 351 g/mol. The van der Waals surface area contributed by atoms with Crippen LogP contribution in [0, 0.1) is 0 Å². The Hall–Kier alpha value is -2.59. The molecule has 1 amide bonds. The van der Waals surface area contributed by atoms with Gasteiger partial charge in [-0.3, -0.25) is 4.79 Å². The van der Waals surface area contributed by atoms with Gasteiger partial charge in [0.2, 0.25) is 0 Å². The Morgan fingerprint density at radius 2 is 1.80 bits per heavy atom. The van der Waals surface area contributed by atoms with Crippen LogP contribution in [0.25, 0.3) is 0 Å². The van der Waals surface area contributed by atoms with Gasteiger partial charge in [-0.25, -0.2) is 0 Å². The summed E-state index contributed by atoms with van der Waals surface area (Å²) in [6.45, 7) is 1.99. The molecule has 0 fully saturated rings. The molecule has 0 spiro atoms. The number of rotatable bonds is 7. The van der Waals surface area contributed by atoms with Gasteiger partial charge in [0.15, 0.2) is 6.61 Å². The number of thiophene rings is 1.